The molecule has 2 aliphatic rings. The van der Waals surface area contributed by atoms with Gasteiger partial charge in [0.2, 0.25) is 0 Å². The van der Waals surface area contributed by atoms with Crippen molar-refractivity contribution in [2.45, 2.75) is 38.2 Å². The molecule has 1 aliphatic heterocycles. The van der Waals surface area contributed by atoms with Crippen LogP contribution in [0.25, 0.3) is 0 Å². The number of aliphatic hydroxyl groups is 1. The average molecular weight is 248 g/mol. The van der Waals surface area contributed by atoms with E-state index in [4.69, 9.17) is 0 Å². The molecule has 1 saturated heterocycles. The molecule has 2 N–H and O–H groups in total. The number of nitrogens with one attached hydrogen (secondary N) is 1. The lowest BCUT2D eigenvalue weighted by Gasteiger charge is -2.30. The topological polar surface area (TPSA) is 52.6 Å². The second-order valence-corrected chi connectivity index (χ2v) is 4.95. The van der Waals surface area contributed by atoms with E-state index in [9.17, 15) is 18.7 Å². The van der Waals surface area contributed by atoms with Crippen molar-refractivity contribution in [2.75, 3.05) is 19.7 Å². The molecule has 2 atom stereocenters. The molecule has 0 aromatic heterocycles. The Kier molecular flexibility index (Phi) is 3.51. The second kappa shape index (κ2) is 4.76. The summed E-state index contributed by atoms with van der Waals surface area (Å²) in [5, 5.41) is 11.7. The number of nitrogens with zero attached hydrogens (tertiary/aromatic N) is 1. The van der Waals surface area contributed by atoms with Crippen molar-refractivity contribution in [2.24, 2.45) is 5.41 Å². The van der Waals surface area contributed by atoms with Crippen molar-refractivity contribution in [3.8, 4) is 0 Å². The first-order valence-corrected chi connectivity index (χ1v) is 6.02. The number of carbonyl (C=O) groups is 1. The average Bonchev–Trinajstić information content (AvgIpc) is 2.83. The van der Waals surface area contributed by atoms with Gasteiger partial charge in [0.25, 0.3) is 6.43 Å². The number of carbonyl (C=O) groups excluding carboxylic acids is 1. The Morgan fingerprint density at radius 3 is 2.94 bits per heavy atom. The van der Waals surface area contributed by atoms with E-state index in [-0.39, 0.29) is 18.1 Å². The Morgan fingerprint density at radius 2 is 2.29 bits per heavy atom. The summed E-state index contributed by atoms with van der Waals surface area (Å²) in [4.78, 5) is 13.4. The number of fused-ring (bicyclic) bond motifs is 1. The van der Waals surface area contributed by atoms with Gasteiger partial charge in [-0.25, -0.2) is 13.6 Å². The van der Waals surface area contributed by atoms with Crippen LogP contribution in [0.3, 0.4) is 0 Å². The Labute approximate surface area is 99.0 Å². The van der Waals surface area contributed by atoms with Crippen molar-refractivity contribution in [3.63, 3.8) is 0 Å². The Morgan fingerprint density at radius 1 is 1.53 bits per heavy atom. The fraction of sp³-hybridized carbons (Fsp3) is 0.909. The maximum atomic E-state index is 12.0. The summed E-state index contributed by atoms with van der Waals surface area (Å²) in [6, 6.07) is -0.405. The molecule has 6 heteroatoms. The number of hydrogen-bond acceptors (Lipinski definition) is 2. The number of urea groups is 1. The molecule has 0 spiro atoms. The number of rotatable bonds is 3. The van der Waals surface area contributed by atoms with Gasteiger partial charge in [0, 0.05) is 18.0 Å². The number of alkyl halides is 2. The molecule has 0 radical (unpaired) electrons. The third kappa shape index (κ3) is 2.22. The minimum atomic E-state index is -2.52. The van der Waals surface area contributed by atoms with Gasteiger partial charge in [0.1, 0.15) is 0 Å². The fourth-order valence-corrected chi connectivity index (χ4v) is 3.17. The molecule has 0 aromatic rings. The van der Waals surface area contributed by atoms with Gasteiger partial charge in [-0.1, -0.05) is 6.42 Å². The predicted octanol–water partition coefficient (Wildman–Crippen LogP) is 1.20. The highest BCUT2D eigenvalue weighted by molar-refractivity contribution is 5.75. The monoisotopic (exact) mass is 248 g/mol. The molecule has 17 heavy (non-hydrogen) atoms. The molecule has 4 nitrogen and oxygen atoms in total. The van der Waals surface area contributed by atoms with Gasteiger partial charge < -0.3 is 15.3 Å². The Hall–Kier alpha value is -0.910. The molecule has 98 valence electrons. The van der Waals surface area contributed by atoms with Gasteiger partial charge in [0.15, 0.2) is 0 Å². The Balaban J connectivity index is 1.97. The van der Waals surface area contributed by atoms with E-state index in [1.165, 1.54) is 0 Å². The zero-order chi connectivity index (χ0) is 12.5. The van der Waals surface area contributed by atoms with E-state index in [1.807, 2.05) is 0 Å². The minimum absolute atomic E-state index is 0.0187. The highest BCUT2D eigenvalue weighted by Crippen LogP contribution is 2.48. The molecule has 0 unspecified atom stereocenters. The van der Waals surface area contributed by atoms with Gasteiger partial charge in [-0.15, -0.1) is 0 Å². The zero-order valence-electron chi connectivity index (χ0n) is 9.66. The van der Waals surface area contributed by atoms with Crippen molar-refractivity contribution < 1.29 is 18.7 Å². The van der Waals surface area contributed by atoms with E-state index in [1.54, 1.807) is 4.90 Å². The summed E-state index contributed by atoms with van der Waals surface area (Å²) >= 11 is 0. The van der Waals surface area contributed by atoms with Gasteiger partial charge in [-0.2, -0.15) is 0 Å². The van der Waals surface area contributed by atoms with Crippen LogP contribution in [0.15, 0.2) is 0 Å². The van der Waals surface area contributed by atoms with Crippen molar-refractivity contribution in [3.05, 3.63) is 0 Å². The highest BCUT2D eigenvalue weighted by Gasteiger charge is 2.51. The van der Waals surface area contributed by atoms with E-state index < -0.39 is 19.0 Å². The number of aliphatic hydroxyl groups excluding tert-OH is 1. The molecule has 2 fully saturated rings. The van der Waals surface area contributed by atoms with Crippen molar-refractivity contribution >= 4 is 6.03 Å². The first kappa shape index (κ1) is 12.5. The van der Waals surface area contributed by atoms with E-state index in [0.717, 1.165) is 25.7 Å². The lowest BCUT2D eigenvalue weighted by molar-refractivity contribution is 0.102. The second-order valence-electron chi connectivity index (χ2n) is 4.95. The third-order valence-corrected chi connectivity index (χ3v) is 4.07. The molecule has 0 aromatic carbocycles. The Bertz CT molecular complexity index is 301. The highest BCUT2D eigenvalue weighted by atomic mass is 19.3. The predicted molar refractivity (Wildman–Crippen MR) is 57.9 cm³/mol. The molecule has 1 aliphatic carbocycles. The summed E-state index contributed by atoms with van der Waals surface area (Å²) in [6.45, 7) is 0.0325. The van der Waals surface area contributed by atoms with Crippen LogP contribution < -0.4 is 5.32 Å². The van der Waals surface area contributed by atoms with Gasteiger partial charge in [-0.05, 0) is 19.3 Å². The summed E-state index contributed by atoms with van der Waals surface area (Å²) in [6.07, 6.45) is 1.03. The number of likely N-dealkylation sites (tertiary alicyclic amines) is 1. The molecule has 0 bridgehead atoms. The third-order valence-electron chi connectivity index (χ3n) is 4.07. The lowest BCUT2D eigenvalue weighted by atomic mass is 9.83. The van der Waals surface area contributed by atoms with Crippen LogP contribution in [-0.4, -0.2) is 48.2 Å². The van der Waals surface area contributed by atoms with Crippen LogP contribution in [0.4, 0.5) is 13.6 Å². The maximum Gasteiger partial charge on any atom is 0.317 e. The minimum Gasteiger partial charge on any atom is -0.396 e. The van der Waals surface area contributed by atoms with Gasteiger partial charge in [0.05, 0.1) is 13.2 Å². The molecule has 2 rings (SSSR count). The molecule has 1 saturated carbocycles. The maximum absolute atomic E-state index is 12.0. The number of halogens is 2. The fourth-order valence-electron chi connectivity index (χ4n) is 3.17. The summed E-state index contributed by atoms with van der Waals surface area (Å²) < 4.78 is 24.0. The van der Waals surface area contributed by atoms with E-state index in [0.29, 0.717) is 6.54 Å². The van der Waals surface area contributed by atoms with Gasteiger partial charge in [-0.3, -0.25) is 0 Å². The first-order valence-electron chi connectivity index (χ1n) is 6.02. The van der Waals surface area contributed by atoms with Crippen LogP contribution in [0.1, 0.15) is 25.7 Å². The quantitative estimate of drug-likeness (QED) is 0.788. The van der Waals surface area contributed by atoms with Gasteiger partial charge >= 0.3 is 6.03 Å². The number of hydrogen-bond donors (Lipinski definition) is 2. The molecule has 2 amide bonds. The summed E-state index contributed by atoms with van der Waals surface area (Å²) in [5.41, 5.74) is -0.178. The van der Waals surface area contributed by atoms with Crippen LogP contribution >= 0.6 is 0 Å². The van der Waals surface area contributed by atoms with Crippen molar-refractivity contribution in [1.82, 2.24) is 10.2 Å². The SMILES string of the molecule is O=C(NCC(F)F)N1CC[C@@]2(CO)CCC[C@@H]12. The smallest absolute Gasteiger partial charge is 0.317 e. The molecule has 1 heterocycles. The largest absolute Gasteiger partial charge is 0.396 e. The lowest BCUT2D eigenvalue weighted by Crippen LogP contribution is -2.46. The standard InChI is InChI=1S/C11H18F2N2O2/c12-9(13)6-14-10(17)15-5-4-11(7-16)3-1-2-8(11)15/h8-9,16H,1-7H2,(H,14,17)/t8-,11-/m1/s1. The number of amides is 2. The van der Waals surface area contributed by atoms with Crippen LogP contribution in [0.5, 0.6) is 0 Å². The normalized spacial score (nSPS) is 32.0. The van der Waals surface area contributed by atoms with Crippen LogP contribution in [0.2, 0.25) is 0 Å². The van der Waals surface area contributed by atoms with E-state index >= 15 is 0 Å². The molecular formula is C11H18F2N2O2. The van der Waals surface area contributed by atoms with E-state index in [2.05, 4.69) is 5.32 Å². The van der Waals surface area contributed by atoms with Crippen LogP contribution in [-0.2, 0) is 0 Å². The first-order chi connectivity index (χ1) is 8.09. The zero-order valence-corrected chi connectivity index (χ0v) is 9.66. The molecular weight excluding hydrogens is 230 g/mol. The summed E-state index contributed by atoms with van der Waals surface area (Å²) in [7, 11) is 0. The summed E-state index contributed by atoms with van der Waals surface area (Å²) in [5.74, 6) is 0. The van der Waals surface area contributed by atoms with Crippen molar-refractivity contribution in [1.29, 1.82) is 0 Å². The van der Waals surface area contributed by atoms with Crippen LogP contribution in [0, 0.1) is 5.41 Å².